The number of carbonyl (C=O) groups excluding carboxylic acids is 3. The standard InChI is InChI=1S/C21H26BClO5.C16H23BO3.C16H23BrO3.C16H21BrO.C15H19BrO3.C2H7P.C2H6/c1-26-21(15-9-10-19(23)18(12-15)22(24)25)20(27-28-21)14-6-4-8-17(20)16-7-3-2-5-13(16)11-14;1-15(2,3)14-13(20-10-16(14,4)5)11-7-6-8-12(9-11)17(18)19;1-15(2,3)14(19)16(4,5)10-20-13(18)11-7-6-8-12(17)9-11;1-15(2,3)14-13(18-10-16(14,4)5)11-7-6-8-12(17)9-11;1-10(2)13(17)15(3,4)9-19-14(18)11-6-5-7-12(16)8-11;1-3-2;1-2/h9-10,12,14,17,24-25H,2-8,11H2,1H3;6-9,18-19H,10H2,1-5H3;6-9,14,19H,10H2,1-5H3;6-9H,10H2,1-5H3;5-8,10H,9H2,1-4H3;3H,1-2H3;1-2H3. The number of Topliss-reactive ketones (excluding diaryl/α,β-unsaturated/α-hetero) is 1. The summed E-state index contributed by atoms with van der Waals surface area (Å²) in [5, 5.41) is 48.7. The van der Waals surface area contributed by atoms with Gasteiger partial charge in [0.25, 0.3) is 5.79 Å². The lowest BCUT2D eigenvalue weighted by molar-refractivity contribution is -0.639. The molecule has 0 radical (unpaired) electrons. The predicted octanol–water partition coefficient (Wildman–Crippen LogP) is 20.5. The van der Waals surface area contributed by atoms with Crippen molar-refractivity contribution in [1.82, 2.24) is 0 Å². The second-order valence-electron chi connectivity index (χ2n) is 35.2. The van der Waals surface area contributed by atoms with Gasteiger partial charge in [-0.15, -0.1) is 8.58 Å². The van der Waals surface area contributed by atoms with Crippen molar-refractivity contribution in [2.24, 2.45) is 55.7 Å². The molecule has 15 nitrogen and oxygen atoms in total. The summed E-state index contributed by atoms with van der Waals surface area (Å²) in [5.74, 6) is 0.726. The van der Waals surface area contributed by atoms with Gasteiger partial charge in [-0.2, -0.15) is 4.89 Å². The lowest BCUT2D eigenvalue weighted by atomic mass is 9.53. The van der Waals surface area contributed by atoms with Gasteiger partial charge in [0, 0.05) is 81.7 Å². The molecule has 5 aromatic rings. The zero-order valence-corrected chi connectivity index (χ0v) is 76.3. The molecule has 0 amide bonds. The first kappa shape index (κ1) is 96.1. The lowest BCUT2D eigenvalue weighted by Gasteiger charge is -2.65. The van der Waals surface area contributed by atoms with Gasteiger partial charge in [0.05, 0.1) is 42.5 Å². The van der Waals surface area contributed by atoms with E-state index in [2.05, 4.69) is 149 Å². The molecule has 3 aliphatic carbocycles. The molecule has 1 spiro atoms. The summed E-state index contributed by atoms with van der Waals surface area (Å²) in [7, 11) is -0.381. The number of fused-ring (bicyclic) bond motifs is 1. The first-order chi connectivity index (χ1) is 51.1. The molecule has 2 bridgehead atoms. The first-order valence-corrected chi connectivity index (χ1v) is 43.3. The molecular formula is C88H125B2Br3ClO15P. The molecule has 110 heavy (non-hydrogen) atoms. The number of carbonyl (C=O) groups is 3. The highest BCUT2D eigenvalue weighted by molar-refractivity contribution is 9.11. The van der Waals surface area contributed by atoms with Crippen molar-refractivity contribution in [2.75, 3.05) is 46.9 Å². The maximum absolute atomic E-state index is 12.0. The number of allylic oxidation sites excluding steroid dienone is 1. The average molecular weight is 1750 g/mol. The van der Waals surface area contributed by atoms with Gasteiger partial charge in [0.1, 0.15) is 23.9 Å². The van der Waals surface area contributed by atoms with Crippen LogP contribution in [0.5, 0.6) is 0 Å². The van der Waals surface area contributed by atoms with Crippen LogP contribution in [0.1, 0.15) is 234 Å². The van der Waals surface area contributed by atoms with E-state index in [-0.39, 0.29) is 69.3 Å². The highest BCUT2D eigenvalue weighted by Gasteiger charge is 2.75. The van der Waals surface area contributed by atoms with Gasteiger partial charge in [-0.05, 0) is 160 Å². The fourth-order valence-corrected chi connectivity index (χ4v) is 17.7. The fourth-order valence-electron chi connectivity index (χ4n) is 16.3. The molecule has 5 atom stereocenters. The third kappa shape index (κ3) is 24.1. The van der Waals surface area contributed by atoms with Crippen LogP contribution in [0.25, 0.3) is 11.5 Å². The smallest absolute Gasteiger partial charge is 0.489 e. The number of hydrogen-bond donors (Lipinski definition) is 5. The van der Waals surface area contributed by atoms with E-state index in [1.807, 2.05) is 98.7 Å². The van der Waals surface area contributed by atoms with Crippen LogP contribution in [0, 0.1) is 55.7 Å². The average Bonchev–Trinajstić information content (AvgIpc) is 0.782. The Labute approximate surface area is 691 Å². The quantitative estimate of drug-likeness (QED) is 0.0217. The maximum Gasteiger partial charge on any atom is 0.489 e. The number of aliphatic hydroxyl groups is 1. The Balaban J connectivity index is 0.000000245. The Morgan fingerprint density at radius 3 is 1.53 bits per heavy atom. The van der Waals surface area contributed by atoms with E-state index in [0.717, 1.165) is 76.9 Å². The van der Waals surface area contributed by atoms with E-state index in [1.54, 1.807) is 92.8 Å². The zero-order valence-electron chi connectivity index (χ0n) is 69.7. The lowest BCUT2D eigenvalue weighted by Crippen LogP contribution is -2.74. The molecule has 1 saturated heterocycles. The van der Waals surface area contributed by atoms with E-state index in [4.69, 9.17) is 45.1 Å². The minimum Gasteiger partial charge on any atom is -0.492 e. The number of hydrogen-bond acceptors (Lipinski definition) is 15. The van der Waals surface area contributed by atoms with E-state index in [9.17, 15) is 39.6 Å². The Kier molecular flexibility index (Phi) is 35.3. The topological polar surface area (TPSA) is 217 Å². The molecule has 606 valence electrons. The number of halogens is 4. The molecule has 22 heteroatoms. The molecule has 5 N–H and O–H groups in total. The van der Waals surface area contributed by atoms with Crippen LogP contribution in [0.2, 0.25) is 5.02 Å². The Bertz CT molecular complexity index is 4010. The van der Waals surface area contributed by atoms with Gasteiger partial charge < -0.3 is 48.9 Å². The van der Waals surface area contributed by atoms with Crippen LogP contribution in [0.15, 0.2) is 151 Å². The van der Waals surface area contributed by atoms with Crippen LogP contribution in [0.4, 0.5) is 0 Å². The van der Waals surface area contributed by atoms with Crippen molar-refractivity contribution < 1.29 is 73.0 Å². The minimum absolute atomic E-state index is 0.00314. The molecule has 5 aromatic carbocycles. The second-order valence-corrected chi connectivity index (χ2v) is 39.4. The Morgan fingerprint density at radius 1 is 0.618 bits per heavy atom. The summed E-state index contributed by atoms with van der Waals surface area (Å²) in [5.41, 5.74) is 8.62. The summed E-state index contributed by atoms with van der Waals surface area (Å²) in [6, 6.07) is 34.9. The summed E-state index contributed by atoms with van der Waals surface area (Å²) in [4.78, 5) is 47.7. The van der Waals surface area contributed by atoms with Crippen molar-refractivity contribution in [3.05, 3.63) is 184 Å². The van der Waals surface area contributed by atoms with Gasteiger partial charge in [-0.1, -0.05) is 269 Å². The molecule has 6 aliphatic rings. The van der Waals surface area contributed by atoms with E-state index in [1.165, 1.54) is 42.4 Å². The monoisotopic (exact) mass is 1750 g/mol. The molecule has 11 rings (SSSR count). The van der Waals surface area contributed by atoms with Crippen molar-refractivity contribution in [3.8, 4) is 0 Å². The van der Waals surface area contributed by atoms with Crippen LogP contribution >= 0.6 is 68.0 Å². The maximum atomic E-state index is 12.0. The van der Waals surface area contributed by atoms with Gasteiger partial charge >= 0.3 is 26.2 Å². The number of rotatable bonds is 15. The van der Waals surface area contributed by atoms with Crippen molar-refractivity contribution in [1.29, 1.82) is 0 Å². The summed E-state index contributed by atoms with van der Waals surface area (Å²) in [6.07, 6.45) is 8.70. The molecule has 3 aliphatic heterocycles. The number of ether oxygens (including phenoxy) is 5. The van der Waals surface area contributed by atoms with E-state index >= 15 is 0 Å². The SMILES string of the molecule is CC.CC(C)(C)C(O)C(C)(C)COC(=O)c1cccc(Br)c1.CC(C)(C)C1=C(c2cccc(B(O)O)c2)OCC1(C)C.CC(C)(C)C1=C(c2cccc(Br)c2)OCC1(C)C.CC(C)C(=O)C(C)(C)COC(=O)c1cccc(Br)c1.COC1(c2ccc(Cl)c(B(O)O)c2)OOC12C1CCCC2C2=C(CCCC2)C1.CPC. The minimum atomic E-state index is -1.66. The summed E-state index contributed by atoms with van der Waals surface area (Å²) >= 11 is 16.3. The van der Waals surface area contributed by atoms with Crippen molar-refractivity contribution >= 4 is 122 Å². The zero-order chi connectivity index (χ0) is 83.1. The number of ketones is 1. The van der Waals surface area contributed by atoms with Gasteiger partial charge in [-0.25, -0.2) is 14.5 Å². The summed E-state index contributed by atoms with van der Waals surface area (Å²) < 4.78 is 31.3. The molecule has 2 fully saturated rings. The van der Waals surface area contributed by atoms with Crippen molar-refractivity contribution in [3.63, 3.8) is 0 Å². The van der Waals surface area contributed by atoms with Gasteiger partial charge in [0.15, 0.2) is 5.60 Å². The number of methoxy groups -OCH3 is 1. The van der Waals surface area contributed by atoms with Gasteiger partial charge in [-0.3, -0.25) is 4.79 Å². The Hall–Kier alpha value is -4.50. The largest absolute Gasteiger partial charge is 0.492 e. The van der Waals surface area contributed by atoms with E-state index in [0.29, 0.717) is 34.1 Å². The molecule has 0 aromatic heterocycles. The van der Waals surface area contributed by atoms with Crippen LogP contribution in [-0.4, -0.2) is 116 Å². The summed E-state index contributed by atoms with van der Waals surface area (Å²) in [6.45, 7) is 49.2. The highest BCUT2D eigenvalue weighted by atomic mass is 79.9. The van der Waals surface area contributed by atoms with Gasteiger partial charge in [0.2, 0.25) is 0 Å². The normalized spacial score (nSPS) is 20.5. The van der Waals surface area contributed by atoms with Crippen LogP contribution < -0.4 is 10.9 Å². The Morgan fingerprint density at radius 2 is 1.09 bits per heavy atom. The molecule has 5 unspecified atom stereocenters. The third-order valence-corrected chi connectivity index (χ3v) is 22.3. The molecule has 1 saturated carbocycles. The number of aliphatic hydroxyl groups excluding tert-OH is 1. The molecule has 3 heterocycles. The van der Waals surface area contributed by atoms with E-state index < -0.39 is 48.5 Å². The second kappa shape index (κ2) is 40.4. The predicted molar refractivity (Wildman–Crippen MR) is 462 cm³/mol. The molecular weight excluding hydrogens is 1620 g/mol. The fraction of sp³-hybridized carbons (Fsp3) is 0.557. The highest BCUT2D eigenvalue weighted by Crippen LogP contribution is 2.67. The first-order valence-electron chi connectivity index (χ1n) is 38.5. The van der Waals surface area contributed by atoms with Crippen LogP contribution in [0.3, 0.4) is 0 Å². The number of esters is 2. The van der Waals surface area contributed by atoms with Crippen molar-refractivity contribution in [2.45, 2.75) is 214 Å². The van der Waals surface area contributed by atoms with Crippen LogP contribution in [-0.2, 0) is 44.0 Å². The number of benzene rings is 5. The third-order valence-electron chi connectivity index (χ3n) is 20.5.